The third-order valence-electron chi connectivity index (χ3n) is 2.62. The van der Waals surface area contributed by atoms with Gasteiger partial charge >= 0.3 is 0 Å². The Morgan fingerprint density at radius 1 is 1.50 bits per heavy atom. The molecule has 1 rings (SSSR count). The van der Waals surface area contributed by atoms with E-state index in [2.05, 4.69) is 12.2 Å². The van der Waals surface area contributed by atoms with E-state index in [1.807, 2.05) is 6.92 Å². The maximum absolute atomic E-state index is 11.4. The lowest BCUT2D eigenvalue weighted by atomic mass is 10.1. The van der Waals surface area contributed by atoms with Crippen LogP contribution in [-0.4, -0.2) is 18.0 Å². The first kappa shape index (κ1) is 11.5. The van der Waals surface area contributed by atoms with Crippen molar-refractivity contribution < 1.29 is 4.79 Å². The molecule has 1 fully saturated rings. The van der Waals surface area contributed by atoms with E-state index >= 15 is 0 Å². The molecule has 0 aromatic carbocycles. The molecule has 3 N–H and O–H groups in total. The highest BCUT2D eigenvalue weighted by Crippen LogP contribution is 2.33. The predicted octanol–water partition coefficient (Wildman–Crippen LogP) is 1.42. The third-order valence-corrected chi connectivity index (χ3v) is 2.62. The average molecular weight is 198 g/mol. The van der Waals surface area contributed by atoms with E-state index in [9.17, 15) is 4.79 Å². The molecule has 1 saturated carbocycles. The Morgan fingerprint density at radius 3 is 2.64 bits per heavy atom. The number of carbonyl (C=O) groups is 1. The Morgan fingerprint density at radius 2 is 2.14 bits per heavy atom. The molecule has 0 saturated heterocycles. The predicted molar refractivity (Wildman–Crippen MR) is 57.8 cm³/mol. The Balaban J connectivity index is 2.05. The monoisotopic (exact) mass is 198 g/mol. The average Bonchev–Trinajstić information content (AvgIpc) is 2.84. The zero-order valence-corrected chi connectivity index (χ0v) is 9.25. The summed E-state index contributed by atoms with van der Waals surface area (Å²) < 4.78 is 0. The number of hydrogen-bond acceptors (Lipinski definition) is 2. The van der Waals surface area contributed by atoms with E-state index in [-0.39, 0.29) is 11.9 Å². The van der Waals surface area contributed by atoms with Gasteiger partial charge in [-0.15, -0.1) is 0 Å². The van der Waals surface area contributed by atoms with Gasteiger partial charge in [-0.1, -0.05) is 12.8 Å². The molecule has 1 aliphatic carbocycles. The molecule has 3 nitrogen and oxygen atoms in total. The number of rotatable bonds is 6. The summed E-state index contributed by atoms with van der Waals surface area (Å²) in [4.78, 5) is 11.4. The SMILES string of the molecule is CC(N)CCC(=O)NC(C)CC1CC1. The maximum atomic E-state index is 11.4. The van der Waals surface area contributed by atoms with Crippen LogP contribution in [0.2, 0.25) is 0 Å². The van der Waals surface area contributed by atoms with Crippen LogP contribution in [0, 0.1) is 5.92 Å². The van der Waals surface area contributed by atoms with Crippen molar-refractivity contribution in [3.05, 3.63) is 0 Å². The van der Waals surface area contributed by atoms with Gasteiger partial charge in [0.05, 0.1) is 0 Å². The largest absolute Gasteiger partial charge is 0.354 e. The molecule has 2 unspecified atom stereocenters. The summed E-state index contributed by atoms with van der Waals surface area (Å²) in [7, 11) is 0. The molecule has 2 atom stereocenters. The van der Waals surface area contributed by atoms with Gasteiger partial charge in [0.25, 0.3) is 0 Å². The van der Waals surface area contributed by atoms with Crippen molar-refractivity contribution in [2.24, 2.45) is 11.7 Å². The van der Waals surface area contributed by atoms with Gasteiger partial charge in [-0.3, -0.25) is 4.79 Å². The highest BCUT2D eigenvalue weighted by atomic mass is 16.1. The number of nitrogens with two attached hydrogens (primary N) is 1. The van der Waals surface area contributed by atoms with Gasteiger partial charge in [-0.2, -0.15) is 0 Å². The molecule has 0 spiro atoms. The lowest BCUT2D eigenvalue weighted by Gasteiger charge is -2.13. The van der Waals surface area contributed by atoms with Crippen LogP contribution in [0.5, 0.6) is 0 Å². The van der Waals surface area contributed by atoms with Crippen LogP contribution in [0.15, 0.2) is 0 Å². The number of hydrogen-bond donors (Lipinski definition) is 2. The van der Waals surface area contributed by atoms with Crippen LogP contribution < -0.4 is 11.1 Å². The Labute approximate surface area is 86.4 Å². The van der Waals surface area contributed by atoms with E-state index in [4.69, 9.17) is 5.73 Å². The van der Waals surface area contributed by atoms with Gasteiger partial charge in [0, 0.05) is 18.5 Å². The fraction of sp³-hybridized carbons (Fsp3) is 0.909. The lowest BCUT2D eigenvalue weighted by Crippen LogP contribution is -2.33. The lowest BCUT2D eigenvalue weighted by molar-refractivity contribution is -0.121. The van der Waals surface area contributed by atoms with Gasteiger partial charge < -0.3 is 11.1 Å². The highest BCUT2D eigenvalue weighted by Gasteiger charge is 2.23. The van der Waals surface area contributed by atoms with Crippen LogP contribution in [-0.2, 0) is 4.79 Å². The topological polar surface area (TPSA) is 55.1 Å². The molecule has 0 aromatic rings. The molecular weight excluding hydrogens is 176 g/mol. The van der Waals surface area contributed by atoms with Crippen molar-refractivity contribution in [1.82, 2.24) is 5.32 Å². The number of carbonyl (C=O) groups excluding carboxylic acids is 1. The summed E-state index contributed by atoms with van der Waals surface area (Å²) in [6, 6.07) is 0.461. The fourth-order valence-corrected chi connectivity index (χ4v) is 1.62. The second kappa shape index (κ2) is 5.35. The molecular formula is C11H22N2O. The van der Waals surface area contributed by atoms with Crippen molar-refractivity contribution >= 4 is 5.91 Å². The van der Waals surface area contributed by atoms with E-state index in [0.29, 0.717) is 12.5 Å². The van der Waals surface area contributed by atoms with Gasteiger partial charge in [0.15, 0.2) is 0 Å². The molecule has 0 heterocycles. The minimum Gasteiger partial charge on any atom is -0.354 e. The van der Waals surface area contributed by atoms with E-state index in [1.54, 1.807) is 0 Å². The van der Waals surface area contributed by atoms with Gasteiger partial charge in [0.1, 0.15) is 0 Å². The minimum atomic E-state index is 0.125. The first-order valence-corrected chi connectivity index (χ1v) is 5.63. The van der Waals surface area contributed by atoms with Crippen LogP contribution in [0.4, 0.5) is 0 Å². The first-order chi connectivity index (χ1) is 6.58. The fourth-order valence-electron chi connectivity index (χ4n) is 1.62. The standard InChI is InChI=1S/C11H22N2O/c1-8(12)3-6-11(14)13-9(2)7-10-4-5-10/h8-10H,3-7,12H2,1-2H3,(H,13,14). The molecule has 82 valence electrons. The zero-order valence-electron chi connectivity index (χ0n) is 9.25. The minimum absolute atomic E-state index is 0.125. The Hall–Kier alpha value is -0.570. The third kappa shape index (κ3) is 5.22. The summed E-state index contributed by atoms with van der Waals surface area (Å²) >= 11 is 0. The Kier molecular flexibility index (Phi) is 4.39. The highest BCUT2D eigenvalue weighted by molar-refractivity contribution is 5.76. The quantitative estimate of drug-likeness (QED) is 0.678. The molecule has 0 bridgehead atoms. The van der Waals surface area contributed by atoms with Gasteiger partial charge in [0.2, 0.25) is 5.91 Å². The summed E-state index contributed by atoms with van der Waals surface area (Å²) in [5.74, 6) is 1.02. The van der Waals surface area contributed by atoms with Crippen LogP contribution in [0.3, 0.4) is 0 Å². The van der Waals surface area contributed by atoms with Crippen molar-refractivity contribution in [1.29, 1.82) is 0 Å². The van der Waals surface area contributed by atoms with Crippen LogP contribution in [0.25, 0.3) is 0 Å². The summed E-state index contributed by atoms with van der Waals surface area (Å²) in [6.07, 6.45) is 5.18. The maximum Gasteiger partial charge on any atom is 0.220 e. The molecule has 14 heavy (non-hydrogen) atoms. The number of amides is 1. The van der Waals surface area contributed by atoms with Crippen LogP contribution >= 0.6 is 0 Å². The molecule has 1 amide bonds. The summed E-state index contributed by atoms with van der Waals surface area (Å²) in [6.45, 7) is 4.02. The molecule has 0 aliphatic heterocycles. The smallest absolute Gasteiger partial charge is 0.220 e. The molecule has 0 aromatic heterocycles. The van der Waals surface area contributed by atoms with Crippen LogP contribution in [0.1, 0.15) is 46.0 Å². The van der Waals surface area contributed by atoms with Crippen molar-refractivity contribution in [3.63, 3.8) is 0 Å². The molecule has 1 aliphatic rings. The van der Waals surface area contributed by atoms with Crippen molar-refractivity contribution in [2.45, 2.75) is 58.0 Å². The normalized spacial score (nSPS) is 20.2. The molecule has 3 heteroatoms. The zero-order chi connectivity index (χ0) is 10.6. The van der Waals surface area contributed by atoms with E-state index < -0.39 is 0 Å². The van der Waals surface area contributed by atoms with Crippen molar-refractivity contribution in [3.8, 4) is 0 Å². The van der Waals surface area contributed by atoms with Gasteiger partial charge in [-0.25, -0.2) is 0 Å². The second-order valence-electron chi connectivity index (χ2n) is 4.66. The van der Waals surface area contributed by atoms with E-state index in [1.165, 1.54) is 12.8 Å². The molecule has 0 radical (unpaired) electrons. The summed E-state index contributed by atoms with van der Waals surface area (Å²) in [5.41, 5.74) is 5.58. The van der Waals surface area contributed by atoms with Gasteiger partial charge in [-0.05, 0) is 32.6 Å². The number of nitrogens with one attached hydrogen (secondary N) is 1. The summed E-state index contributed by atoms with van der Waals surface area (Å²) in [5, 5.41) is 3.01. The second-order valence-corrected chi connectivity index (χ2v) is 4.66. The first-order valence-electron chi connectivity index (χ1n) is 5.63. The van der Waals surface area contributed by atoms with E-state index in [0.717, 1.165) is 18.8 Å². The Bertz CT molecular complexity index is 188. The van der Waals surface area contributed by atoms with Crippen molar-refractivity contribution in [2.75, 3.05) is 0 Å².